The van der Waals surface area contributed by atoms with E-state index in [1.54, 1.807) is 0 Å². The molecule has 3 heteroatoms. The highest BCUT2D eigenvalue weighted by atomic mass is 16.1. The van der Waals surface area contributed by atoms with Crippen LogP contribution in [0.5, 0.6) is 0 Å². The number of nitrogens with two attached hydrogens (primary N) is 1. The molecule has 0 bridgehead atoms. The predicted molar refractivity (Wildman–Crippen MR) is 53.3 cm³/mol. The molecule has 0 radical (unpaired) electrons. The molecule has 0 heterocycles. The van der Waals surface area contributed by atoms with E-state index < -0.39 is 0 Å². The van der Waals surface area contributed by atoms with Crippen LogP contribution in [0, 0.1) is 0 Å². The second-order valence-corrected chi connectivity index (χ2v) is 3.95. The fraction of sp³-hybridized carbons (Fsp3) is 0.900. The monoisotopic (exact) mass is 184 g/mol. The molecule has 1 aliphatic carbocycles. The molecular weight excluding hydrogens is 164 g/mol. The van der Waals surface area contributed by atoms with E-state index in [9.17, 15) is 4.79 Å². The van der Waals surface area contributed by atoms with Gasteiger partial charge in [0.05, 0.1) is 0 Å². The van der Waals surface area contributed by atoms with Gasteiger partial charge in [-0.2, -0.15) is 0 Å². The quantitative estimate of drug-likeness (QED) is 0.651. The van der Waals surface area contributed by atoms with Gasteiger partial charge < -0.3 is 11.1 Å². The molecule has 3 N–H and O–H groups in total. The molecule has 0 aromatic heterocycles. The number of hydrogen-bond acceptors (Lipinski definition) is 2. The second kappa shape index (κ2) is 5.22. The van der Waals surface area contributed by atoms with Crippen LogP contribution in [0.3, 0.4) is 0 Å². The standard InChI is InChI=1S/C10H20N2O/c1-2-3-4-8(11)7-10(13)12-9-5-6-9/h8-9H,2-7,11H2,1H3,(H,12,13). The minimum atomic E-state index is 0.0544. The summed E-state index contributed by atoms with van der Waals surface area (Å²) in [5.74, 6) is 0.131. The highest BCUT2D eigenvalue weighted by molar-refractivity contribution is 5.77. The first kappa shape index (κ1) is 10.5. The van der Waals surface area contributed by atoms with E-state index in [4.69, 9.17) is 5.73 Å². The fourth-order valence-electron chi connectivity index (χ4n) is 1.32. The van der Waals surface area contributed by atoms with Crippen molar-refractivity contribution in [2.24, 2.45) is 5.73 Å². The third-order valence-electron chi connectivity index (χ3n) is 2.32. The average Bonchev–Trinajstić information content (AvgIpc) is 2.84. The Morgan fingerprint density at radius 3 is 2.85 bits per heavy atom. The fourth-order valence-corrected chi connectivity index (χ4v) is 1.32. The molecule has 1 unspecified atom stereocenters. The SMILES string of the molecule is CCCCC(N)CC(=O)NC1CC1. The van der Waals surface area contributed by atoms with E-state index >= 15 is 0 Å². The van der Waals surface area contributed by atoms with Crippen molar-refractivity contribution < 1.29 is 4.79 Å². The Hall–Kier alpha value is -0.570. The Labute approximate surface area is 80.1 Å². The van der Waals surface area contributed by atoms with Crippen LogP contribution in [0.4, 0.5) is 0 Å². The van der Waals surface area contributed by atoms with Gasteiger partial charge in [0.2, 0.25) is 5.91 Å². The van der Waals surface area contributed by atoms with Gasteiger partial charge in [0.15, 0.2) is 0 Å². The zero-order valence-electron chi connectivity index (χ0n) is 8.38. The lowest BCUT2D eigenvalue weighted by Gasteiger charge is -2.10. The predicted octanol–water partition coefficient (Wildman–Crippen LogP) is 1.17. The van der Waals surface area contributed by atoms with Gasteiger partial charge in [-0.25, -0.2) is 0 Å². The Balaban J connectivity index is 2.03. The number of rotatable bonds is 6. The normalized spacial score (nSPS) is 18.3. The molecular formula is C10H20N2O. The van der Waals surface area contributed by atoms with Gasteiger partial charge in [-0.3, -0.25) is 4.79 Å². The second-order valence-electron chi connectivity index (χ2n) is 3.95. The summed E-state index contributed by atoms with van der Waals surface area (Å²) in [6, 6.07) is 0.518. The van der Waals surface area contributed by atoms with Crippen LogP contribution in [-0.4, -0.2) is 18.0 Å². The maximum Gasteiger partial charge on any atom is 0.221 e. The van der Waals surface area contributed by atoms with Crippen molar-refractivity contribution in [1.82, 2.24) is 5.32 Å². The van der Waals surface area contributed by atoms with E-state index in [0.29, 0.717) is 12.5 Å². The average molecular weight is 184 g/mol. The lowest BCUT2D eigenvalue weighted by molar-refractivity contribution is -0.121. The smallest absolute Gasteiger partial charge is 0.221 e. The van der Waals surface area contributed by atoms with E-state index in [0.717, 1.165) is 32.1 Å². The maximum atomic E-state index is 11.3. The molecule has 1 fully saturated rings. The summed E-state index contributed by atoms with van der Waals surface area (Å²) in [6.07, 6.45) is 6.03. The first-order chi connectivity index (χ1) is 6.22. The number of amides is 1. The largest absolute Gasteiger partial charge is 0.353 e. The van der Waals surface area contributed by atoms with Crippen LogP contribution in [-0.2, 0) is 4.79 Å². The Morgan fingerprint density at radius 1 is 1.62 bits per heavy atom. The van der Waals surface area contributed by atoms with Gasteiger partial charge in [-0.15, -0.1) is 0 Å². The summed E-state index contributed by atoms with van der Waals surface area (Å²) >= 11 is 0. The van der Waals surface area contributed by atoms with Crippen molar-refractivity contribution in [3.8, 4) is 0 Å². The summed E-state index contributed by atoms with van der Waals surface area (Å²) in [7, 11) is 0. The van der Waals surface area contributed by atoms with Crippen LogP contribution < -0.4 is 11.1 Å². The third-order valence-corrected chi connectivity index (χ3v) is 2.32. The number of unbranched alkanes of at least 4 members (excludes halogenated alkanes) is 1. The minimum absolute atomic E-state index is 0.0544. The molecule has 1 atom stereocenters. The Kier molecular flexibility index (Phi) is 4.22. The lowest BCUT2D eigenvalue weighted by atomic mass is 10.1. The molecule has 0 aromatic rings. The van der Waals surface area contributed by atoms with Crippen molar-refractivity contribution in [1.29, 1.82) is 0 Å². The number of carbonyl (C=O) groups excluding carboxylic acids is 1. The van der Waals surface area contributed by atoms with Crippen molar-refractivity contribution in [2.45, 2.75) is 57.5 Å². The maximum absolute atomic E-state index is 11.3. The molecule has 1 aliphatic rings. The van der Waals surface area contributed by atoms with Gasteiger partial charge in [0.25, 0.3) is 0 Å². The number of hydrogen-bond donors (Lipinski definition) is 2. The van der Waals surface area contributed by atoms with Gasteiger partial charge in [-0.05, 0) is 19.3 Å². The topological polar surface area (TPSA) is 55.1 Å². The molecule has 0 aliphatic heterocycles. The van der Waals surface area contributed by atoms with E-state index in [1.807, 2.05) is 0 Å². The van der Waals surface area contributed by atoms with Crippen LogP contribution in [0.25, 0.3) is 0 Å². The van der Waals surface area contributed by atoms with Gasteiger partial charge in [0, 0.05) is 18.5 Å². The summed E-state index contributed by atoms with van der Waals surface area (Å²) < 4.78 is 0. The molecule has 0 spiro atoms. The molecule has 1 rings (SSSR count). The molecule has 1 amide bonds. The highest BCUT2D eigenvalue weighted by Gasteiger charge is 2.23. The van der Waals surface area contributed by atoms with Crippen LogP contribution in [0.15, 0.2) is 0 Å². The van der Waals surface area contributed by atoms with Crippen LogP contribution in [0.1, 0.15) is 45.4 Å². The molecule has 76 valence electrons. The van der Waals surface area contributed by atoms with E-state index in [-0.39, 0.29) is 11.9 Å². The summed E-state index contributed by atoms with van der Waals surface area (Å²) in [5.41, 5.74) is 5.80. The van der Waals surface area contributed by atoms with Gasteiger partial charge in [-0.1, -0.05) is 19.8 Å². The zero-order chi connectivity index (χ0) is 9.68. The Morgan fingerprint density at radius 2 is 2.31 bits per heavy atom. The van der Waals surface area contributed by atoms with Gasteiger partial charge in [0.1, 0.15) is 0 Å². The van der Waals surface area contributed by atoms with Crippen molar-refractivity contribution >= 4 is 5.91 Å². The van der Waals surface area contributed by atoms with Crippen LogP contribution in [0.2, 0.25) is 0 Å². The van der Waals surface area contributed by atoms with E-state index in [2.05, 4.69) is 12.2 Å². The Bertz CT molecular complexity index is 166. The number of nitrogens with one attached hydrogen (secondary N) is 1. The molecule has 0 aromatic carbocycles. The van der Waals surface area contributed by atoms with Crippen LogP contribution >= 0.6 is 0 Å². The first-order valence-corrected chi connectivity index (χ1v) is 5.27. The van der Waals surface area contributed by atoms with Crippen molar-refractivity contribution in [3.63, 3.8) is 0 Å². The summed E-state index contributed by atoms with van der Waals surface area (Å²) in [4.78, 5) is 11.3. The first-order valence-electron chi connectivity index (χ1n) is 5.27. The number of carbonyl (C=O) groups is 1. The highest BCUT2D eigenvalue weighted by Crippen LogP contribution is 2.18. The van der Waals surface area contributed by atoms with Crippen molar-refractivity contribution in [2.75, 3.05) is 0 Å². The third kappa shape index (κ3) is 4.88. The minimum Gasteiger partial charge on any atom is -0.353 e. The van der Waals surface area contributed by atoms with Gasteiger partial charge >= 0.3 is 0 Å². The van der Waals surface area contributed by atoms with E-state index in [1.165, 1.54) is 0 Å². The molecule has 13 heavy (non-hydrogen) atoms. The zero-order valence-corrected chi connectivity index (χ0v) is 8.38. The molecule has 1 saturated carbocycles. The summed E-state index contributed by atoms with van der Waals surface area (Å²) in [5, 5.41) is 2.94. The summed E-state index contributed by atoms with van der Waals surface area (Å²) in [6.45, 7) is 2.14. The molecule has 3 nitrogen and oxygen atoms in total. The lowest BCUT2D eigenvalue weighted by Crippen LogP contribution is -2.32. The molecule has 0 saturated heterocycles. The van der Waals surface area contributed by atoms with Crippen molar-refractivity contribution in [3.05, 3.63) is 0 Å².